The normalized spacial score (nSPS) is 19.1. The lowest BCUT2D eigenvalue weighted by atomic mass is 9.98. The van der Waals surface area contributed by atoms with Crippen molar-refractivity contribution >= 4 is 45.1 Å². The van der Waals surface area contributed by atoms with Gasteiger partial charge in [0.1, 0.15) is 12.1 Å². The number of carbonyl (C=O) groups excluding carboxylic acids is 1. The van der Waals surface area contributed by atoms with Crippen LogP contribution in [0.2, 0.25) is 5.02 Å². The van der Waals surface area contributed by atoms with Crippen molar-refractivity contribution in [2.45, 2.75) is 31.3 Å². The third kappa shape index (κ3) is 5.58. The average molecular weight is 600 g/mol. The van der Waals surface area contributed by atoms with Gasteiger partial charge in [0.2, 0.25) is 11.9 Å². The number of piperazine rings is 1. The number of likely N-dealkylation sites (tertiary alicyclic amines) is 1. The molecule has 6 rings (SSSR count). The average Bonchev–Trinajstić information content (AvgIpc) is 3.43. The Bertz CT molecular complexity index is 1750. The highest BCUT2D eigenvalue weighted by atomic mass is 35.5. The fraction of sp³-hybridized carbons (Fsp3) is 0.344. The zero-order valence-corrected chi connectivity index (χ0v) is 24.6. The van der Waals surface area contributed by atoms with E-state index < -0.39 is 12.0 Å². The van der Waals surface area contributed by atoms with Gasteiger partial charge >= 0.3 is 6.01 Å². The number of amides is 1. The summed E-state index contributed by atoms with van der Waals surface area (Å²) < 4.78 is 22.1. The van der Waals surface area contributed by atoms with E-state index in [0.29, 0.717) is 48.2 Å². The van der Waals surface area contributed by atoms with E-state index in [9.17, 15) is 10.1 Å². The summed E-state index contributed by atoms with van der Waals surface area (Å²) >= 11 is 6.58. The summed E-state index contributed by atoms with van der Waals surface area (Å²) in [4.78, 5) is 32.1. The van der Waals surface area contributed by atoms with E-state index in [1.165, 1.54) is 6.08 Å². The van der Waals surface area contributed by atoms with Gasteiger partial charge in [-0.2, -0.15) is 19.6 Å². The molecule has 2 aromatic heterocycles. The van der Waals surface area contributed by atoms with Gasteiger partial charge in [0.05, 0.1) is 24.0 Å². The molecule has 1 unspecified atom stereocenters. The Hall–Kier alpha value is -4.33. The van der Waals surface area contributed by atoms with Gasteiger partial charge in [0, 0.05) is 41.6 Å². The predicted molar refractivity (Wildman–Crippen MR) is 165 cm³/mol. The van der Waals surface area contributed by atoms with Crippen LogP contribution in [-0.2, 0) is 4.79 Å². The maximum atomic E-state index is 15.9. The highest BCUT2D eigenvalue weighted by Crippen LogP contribution is 2.37. The molecule has 0 bridgehead atoms. The molecule has 4 aromatic rings. The minimum atomic E-state index is -0.680. The van der Waals surface area contributed by atoms with Crippen LogP contribution >= 0.6 is 11.6 Å². The van der Waals surface area contributed by atoms with E-state index in [-0.39, 0.29) is 35.5 Å². The van der Waals surface area contributed by atoms with Gasteiger partial charge in [-0.1, -0.05) is 48.5 Å². The first-order valence-electron chi connectivity index (χ1n) is 14.3. The molecule has 2 aliphatic rings. The van der Waals surface area contributed by atoms with Crippen LogP contribution in [0.25, 0.3) is 32.9 Å². The summed E-state index contributed by atoms with van der Waals surface area (Å²) in [6.45, 7) is 6.09. The van der Waals surface area contributed by atoms with Gasteiger partial charge in [-0.25, -0.2) is 4.98 Å². The smallest absolute Gasteiger partial charge is 0.319 e. The second-order valence-corrected chi connectivity index (χ2v) is 11.4. The van der Waals surface area contributed by atoms with Crippen molar-refractivity contribution in [2.24, 2.45) is 0 Å². The van der Waals surface area contributed by atoms with E-state index in [4.69, 9.17) is 21.3 Å². The number of hydrogen-bond acceptors (Lipinski definition) is 8. The zero-order valence-electron chi connectivity index (χ0n) is 23.8. The summed E-state index contributed by atoms with van der Waals surface area (Å²) in [7, 11) is 2.07. The Morgan fingerprint density at radius 1 is 1.16 bits per heavy atom. The molecular formula is C32H31ClFN7O2. The molecule has 2 aromatic carbocycles. The van der Waals surface area contributed by atoms with E-state index in [1.807, 2.05) is 35.2 Å². The topological polar surface area (TPSA) is 98.5 Å². The summed E-state index contributed by atoms with van der Waals surface area (Å²) in [6, 6.07) is 15.0. The van der Waals surface area contributed by atoms with Crippen molar-refractivity contribution in [1.29, 1.82) is 5.26 Å². The van der Waals surface area contributed by atoms with Gasteiger partial charge < -0.3 is 19.4 Å². The van der Waals surface area contributed by atoms with E-state index in [1.54, 1.807) is 17.0 Å². The standard InChI is InChI=1S/C32H31ClFN7O2/c1-3-27(42)41-16-15-40(18-21(41)12-13-35)31-29-26(36-32(38-31)43-19-22-9-6-14-39(22)2)17-24(30(34)37-29)23-10-4-7-20-8-5-11-25(33)28(20)23/h3-5,7-8,10-11,17,21-22H,1,6,9,12,14-16,18-19H2,2H3/t21-,22?/m0/s1. The molecule has 43 heavy (non-hydrogen) atoms. The number of ether oxygens (including phenoxy) is 1. The molecule has 2 aliphatic heterocycles. The molecule has 11 heteroatoms. The Kier molecular flexibility index (Phi) is 8.10. The van der Waals surface area contributed by atoms with Crippen molar-refractivity contribution in [3.63, 3.8) is 0 Å². The fourth-order valence-corrected chi connectivity index (χ4v) is 6.37. The van der Waals surface area contributed by atoms with Gasteiger partial charge in [-0.05, 0) is 55.6 Å². The Morgan fingerprint density at radius 3 is 2.72 bits per heavy atom. The number of benzene rings is 2. The molecule has 4 heterocycles. The van der Waals surface area contributed by atoms with Crippen LogP contribution in [0, 0.1) is 17.3 Å². The predicted octanol–water partition coefficient (Wildman–Crippen LogP) is 5.23. The molecule has 220 valence electrons. The lowest BCUT2D eigenvalue weighted by molar-refractivity contribution is -0.128. The summed E-state index contributed by atoms with van der Waals surface area (Å²) in [6.07, 6.45) is 3.50. The number of hydrogen-bond donors (Lipinski definition) is 0. The van der Waals surface area contributed by atoms with Crippen molar-refractivity contribution in [3.8, 4) is 23.2 Å². The molecule has 0 saturated carbocycles. The first kappa shape index (κ1) is 28.8. The zero-order chi connectivity index (χ0) is 30.1. The molecule has 9 nitrogen and oxygen atoms in total. The lowest BCUT2D eigenvalue weighted by Gasteiger charge is -2.40. The van der Waals surface area contributed by atoms with Crippen LogP contribution in [-0.4, -0.2) is 82.6 Å². The van der Waals surface area contributed by atoms with Crippen molar-refractivity contribution in [1.82, 2.24) is 24.8 Å². The quantitative estimate of drug-likeness (QED) is 0.210. The SMILES string of the molecule is C=CC(=O)N1CCN(c2nc(OCC3CCCN3C)nc3cc(-c4cccc5cccc(Cl)c45)c(F)nc23)C[C@@H]1CC#N. The van der Waals surface area contributed by atoms with Gasteiger partial charge in [0.15, 0.2) is 5.82 Å². The summed E-state index contributed by atoms with van der Waals surface area (Å²) in [5.41, 5.74) is 1.57. The maximum Gasteiger partial charge on any atom is 0.319 e. The highest BCUT2D eigenvalue weighted by Gasteiger charge is 2.32. The van der Waals surface area contributed by atoms with Crippen LogP contribution in [0.15, 0.2) is 55.1 Å². The van der Waals surface area contributed by atoms with Crippen molar-refractivity contribution < 1.29 is 13.9 Å². The highest BCUT2D eigenvalue weighted by molar-refractivity contribution is 6.36. The first-order valence-corrected chi connectivity index (χ1v) is 14.7. The Labute approximate surface area is 254 Å². The summed E-state index contributed by atoms with van der Waals surface area (Å²) in [5.74, 6) is -0.519. The molecule has 0 radical (unpaired) electrons. The van der Waals surface area contributed by atoms with Crippen molar-refractivity contribution in [3.05, 3.63) is 66.1 Å². The number of carbonyl (C=O) groups is 1. The first-order chi connectivity index (χ1) is 20.9. The molecule has 1 amide bonds. The molecule has 2 fully saturated rings. The van der Waals surface area contributed by atoms with E-state index >= 15 is 4.39 Å². The molecule has 0 N–H and O–H groups in total. The van der Waals surface area contributed by atoms with Gasteiger partial charge in [-0.15, -0.1) is 0 Å². The van der Waals surface area contributed by atoms with Crippen LogP contribution in [0.5, 0.6) is 6.01 Å². The number of nitrogens with zero attached hydrogens (tertiary/aromatic N) is 7. The van der Waals surface area contributed by atoms with E-state index in [2.05, 4.69) is 34.6 Å². The maximum absolute atomic E-state index is 15.9. The Balaban J connectivity index is 1.45. The molecular weight excluding hydrogens is 569 g/mol. The Morgan fingerprint density at radius 2 is 1.98 bits per heavy atom. The largest absolute Gasteiger partial charge is 0.462 e. The molecule has 2 saturated heterocycles. The third-order valence-corrected chi connectivity index (χ3v) is 8.69. The molecule has 0 aliphatic carbocycles. The van der Waals surface area contributed by atoms with Crippen molar-refractivity contribution in [2.75, 3.05) is 44.7 Å². The lowest BCUT2D eigenvalue weighted by Crippen LogP contribution is -2.55. The molecule has 2 atom stereocenters. The number of aromatic nitrogens is 3. The number of likely N-dealkylation sites (N-methyl/N-ethyl adjacent to an activating group) is 1. The van der Waals surface area contributed by atoms with Crippen LogP contribution in [0.1, 0.15) is 19.3 Å². The van der Waals surface area contributed by atoms with Crippen LogP contribution in [0.3, 0.4) is 0 Å². The second kappa shape index (κ2) is 12.1. The minimum absolute atomic E-state index is 0.129. The number of halogens is 2. The fourth-order valence-electron chi connectivity index (χ4n) is 6.09. The number of nitriles is 1. The monoisotopic (exact) mass is 599 g/mol. The van der Waals surface area contributed by atoms with E-state index in [0.717, 1.165) is 30.2 Å². The minimum Gasteiger partial charge on any atom is -0.462 e. The molecule has 0 spiro atoms. The van der Waals surface area contributed by atoms with Gasteiger partial charge in [0.25, 0.3) is 0 Å². The number of fused-ring (bicyclic) bond motifs is 2. The summed E-state index contributed by atoms with van der Waals surface area (Å²) in [5, 5.41) is 11.6. The third-order valence-electron chi connectivity index (χ3n) is 8.37. The van der Waals surface area contributed by atoms with Gasteiger partial charge in [-0.3, -0.25) is 4.79 Å². The van der Waals surface area contributed by atoms with Crippen LogP contribution < -0.4 is 9.64 Å². The number of rotatable bonds is 7. The number of pyridine rings is 1. The second-order valence-electron chi connectivity index (χ2n) is 11.0. The number of anilines is 1. The van der Waals surface area contributed by atoms with Crippen LogP contribution in [0.4, 0.5) is 10.2 Å².